The van der Waals surface area contributed by atoms with Crippen molar-refractivity contribution in [3.05, 3.63) is 62.9 Å². The molecule has 0 aliphatic carbocycles. The molecule has 144 valence electrons. The summed E-state index contributed by atoms with van der Waals surface area (Å²) in [7, 11) is 1.51. The quantitative estimate of drug-likeness (QED) is 0.466. The Hall–Kier alpha value is -2.72. The van der Waals surface area contributed by atoms with E-state index in [1.165, 1.54) is 22.4 Å². The van der Waals surface area contributed by atoms with Crippen molar-refractivity contribution in [1.29, 1.82) is 0 Å². The standard InChI is InChI=1S/C17H11ClF3N5OS/c1-25-8-12(17(19,20)21)23-13(25)10-4-2-9(3-5-10)7-26-14-11(28-16(26)27)6-22-15(18)24-14/h2-6,8H,7H2,1H3. The van der Waals surface area contributed by atoms with E-state index in [-0.39, 0.29) is 22.5 Å². The first-order chi connectivity index (χ1) is 13.2. The lowest BCUT2D eigenvalue weighted by Gasteiger charge is -2.06. The van der Waals surface area contributed by atoms with E-state index < -0.39 is 11.9 Å². The van der Waals surface area contributed by atoms with Crippen molar-refractivity contribution in [3.8, 4) is 11.4 Å². The van der Waals surface area contributed by atoms with Gasteiger partial charge in [0.2, 0.25) is 5.28 Å². The van der Waals surface area contributed by atoms with Crippen LogP contribution in [0.2, 0.25) is 5.28 Å². The number of alkyl halides is 3. The molecular formula is C17H11ClF3N5OS. The van der Waals surface area contributed by atoms with Crippen molar-refractivity contribution in [1.82, 2.24) is 24.1 Å². The fourth-order valence-electron chi connectivity index (χ4n) is 2.79. The van der Waals surface area contributed by atoms with Crippen LogP contribution < -0.4 is 4.87 Å². The Morgan fingerprint density at radius 3 is 2.54 bits per heavy atom. The van der Waals surface area contributed by atoms with Gasteiger partial charge in [-0.05, 0) is 17.2 Å². The minimum absolute atomic E-state index is 0.0460. The van der Waals surface area contributed by atoms with E-state index >= 15 is 0 Å². The molecule has 0 bridgehead atoms. The maximum absolute atomic E-state index is 12.8. The highest BCUT2D eigenvalue weighted by atomic mass is 35.5. The third kappa shape index (κ3) is 3.40. The maximum atomic E-state index is 12.8. The molecule has 0 amide bonds. The highest BCUT2D eigenvalue weighted by Gasteiger charge is 2.34. The van der Waals surface area contributed by atoms with Gasteiger partial charge in [-0.2, -0.15) is 18.2 Å². The molecule has 6 nitrogen and oxygen atoms in total. The lowest BCUT2D eigenvalue weighted by atomic mass is 10.1. The van der Waals surface area contributed by atoms with Crippen LogP contribution in [0.15, 0.2) is 41.5 Å². The van der Waals surface area contributed by atoms with Crippen LogP contribution in [-0.4, -0.2) is 24.1 Å². The first-order valence-electron chi connectivity index (χ1n) is 7.94. The summed E-state index contributed by atoms with van der Waals surface area (Å²) in [6.07, 6.45) is -2.06. The number of hydrogen-bond donors (Lipinski definition) is 0. The van der Waals surface area contributed by atoms with Crippen molar-refractivity contribution < 1.29 is 13.2 Å². The van der Waals surface area contributed by atoms with E-state index in [1.807, 2.05) is 0 Å². The SMILES string of the molecule is Cn1cc(C(F)(F)F)nc1-c1ccc(Cn2c(=O)sc3cnc(Cl)nc32)cc1. The van der Waals surface area contributed by atoms with Crippen molar-refractivity contribution in [3.63, 3.8) is 0 Å². The van der Waals surface area contributed by atoms with Crippen LogP contribution in [0.1, 0.15) is 11.3 Å². The van der Waals surface area contributed by atoms with E-state index in [4.69, 9.17) is 11.6 Å². The molecule has 3 aromatic heterocycles. The average molecular weight is 426 g/mol. The molecule has 0 radical (unpaired) electrons. The number of benzene rings is 1. The van der Waals surface area contributed by atoms with Gasteiger partial charge < -0.3 is 4.57 Å². The zero-order valence-corrected chi connectivity index (χ0v) is 15.8. The molecule has 11 heteroatoms. The average Bonchev–Trinajstić information content (AvgIpc) is 3.16. The number of rotatable bonds is 3. The molecule has 4 aromatic rings. The number of aromatic nitrogens is 5. The minimum atomic E-state index is -4.50. The second-order valence-corrected chi connectivity index (χ2v) is 7.37. The number of imidazole rings is 1. The Morgan fingerprint density at radius 1 is 1.18 bits per heavy atom. The van der Waals surface area contributed by atoms with Crippen molar-refractivity contribution in [2.45, 2.75) is 12.7 Å². The molecule has 0 unspecified atom stereocenters. The number of aryl methyl sites for hydroxylation is 1. The number of thiazole rings is 1. The summed E-state index contributed by atoms with van der Waals surface area (Å²) < 4.78 is 41.9. The molecule has 0 N–H and O–H groups in total. The smallest absolute Gasteiger partial charge is 0.333 e. The fourth-order valence-corrected chi connectivity index (χ4v) is 3.73. The zero-order valence-electron chi connectivity index (χ0n) is 14.2. The number of fused-ring (bicyclic) bond motifs is 1. The van der Waals surface area contributed by atoms with Crippen molar-refractivity contribution in [2.24, 2.45) is 7.05 Å². The Balaban J connectivity index is 1.65. The van der Waals surface area contributed by atoms with Gasteiger partial charge in [-0.1, -0.05) is 35.6 Å². The third-order valence-electron chi connectivity index (χ3n) is 4.10. The molecule has 28 heavy (non-hydrogen) atoms. The highest BCUT2D eigenvalue weighted by molar-refractivity contribution is 7.16. The summed E-state index contributed by atoms with van der Waals surface area (Å²) in [5.74, 6) is 0.205. The van der Waals surface area contributed by atoms with Crippen LogP contribution in [0.4, 0.5) is 13.2 Å². The molecule has 0 fully saturated rings. The maximum Gasteiger partial charge on any atom is 0.434 e. The number of halogens is 4. The molecule has 3 heterocycles. The molecule has 0 saturated carbocycles. The summed E-state index contributed by atoms with van der Waals surface area (Å²) in [6.45, 7) is 0.251. The molecule has 4 rings (SSSR count). The van der Waals surface area contributed by atoms with E-state index in [1.54, 1.807) is 24.3 Å². The monoisotopic (exact) mass is 425 g/mol. The summed E-state index contributed by atoms with van der Waals surface area (Å²) >= 11 is 6.84. The normalized spacial score (nSPS) is 12.0. The van der Waals surface area contributed by atoms with Crippen LogP contribution in [0.5, 0.6) is 0 Å². The van der Waals surface area contributed by atoms with Gasteiger partial charge in [0.05, 0.1) is 17.4 Å². The van der Waals surface area contributed by atoms with Crippen LogP contribution in [-0.2, 0) is 19.8 Å². The van der Waals surface area contributed by atoms with Gasteiger partial charge in [0.15, 0.2) is 11.3 Å². The Bertz CT molecular complexity index is 1230. The molecule has 0 saturated heterocycles. The topological polar surface area (TPSA) is 65.6 Å². The van der Waals surface area contributed by atoms with Gasteiger partial charge in [-0.25, -0.2) is 9.97 Å². The van der Waals surface area contributed by atoms with Gasteiger partial charge in [0, 0.05) is 18.8 Å². The summed E-state index contributed by atoms with van der Waals surface area (Å²) in [5.41, 5.74) is 0.820. The van der Waals surface area contributed by atoms with Gasteiger partial charge in [0.1, 0.15) is 5.82 Å². The molecule has 0 spiro atoms. The summed E-state index contributed by atoms with van der Waals surface area (Å²) in [4.78, 5) is 23.7. The zero-order chi connectivity index (χ0) is 20.1. The van der Waals surface area contributed by atoms with Crippen LogP contribution in [0, 0.1) is 0 Å². The minimum Gasteiger partial charge on any atom is -0.333 e. The van der Waals surface area contributed by atoms with Crippen LogP contribution in [0.3, 0.4) is 0 Å². The van der Waals surface area contributed by atoms with Crippen LogP contribution in [0.25, 0.3) is 21.7 Å². The fraction of sp³-hybridized carbons (Fsp3) is 0.176. The van der Waals surface area contributed by atoms with Gasteiger partial charge in [0.25, 0.3) is 0 Å². The third-order valence-corrected chi connectivity index (χ3v) is 5.18. The van der Waals surface area contributed by atoms with Gasteiger partial charge >= 0.3 is 11.0 Å². The summed E-state index contributed by atoms with van der Waals surface area (Å²) in [5, 5.41) is 0.0460. The lowest BCUT2D eigenvalue weighted by molar-refractivity contribution is -0.140. The van der Waals surface area contributed by atoms with E-state index in [2.05, 4.69) is 15.0 Å². The lowest BCUT2D eigenvalue weighted by Crippen LogP contribution is -2.14. The first-order valence-corrected chi connectivity index (χ1v) is 9.13. The molecule has 1 aromatic carbocycles. The predicted molar refractivity (Wildman–Crippen MR) is 99.4 cm³/mol. The predicted octanol–water partition coefficient (Wildman–Crippen LogP) is 3.97. The number of hydrogen-bond acceptors (Lipinski definition) is 5. The Labute approximate surface area is 164 Å². The molecule has 0 aliphatic rings. The molecular weight excluding hydrogens is 415 g/mol. The first kappa shape index (κ1) is 18.6. The molecule has 0 aliphatic heterocycles. The largest absolute Gasteiger partial charge is 0.434 e. The van der Waals surface area contributed by atoms with E-state index in [0.717, 1.165) is 23.1 Å². The second kappa shape index (κ2) is 6.71. The Kier molecular flexibility index (Phi) is 4.47. The van der Waals surface area contributed by atoms with Crippen LogP contribution >= 0.6 is 22.9 Å². The van der Waals surface area contributed by atoms with Crippen molar-refractivity contribution in [2.75, 3.05) is 0 Å². The second-order valence-electron chi connectivity index (χ2n) is 6.04. The van der Waals surface area contributed by atoms with E-state index in [0.29, 0.717) is 15.9 Å². The highest BCUT2D eigenvalue weighted by Crippen LogP contribution is 2.30. The summed E-state index contributed by atoms with van der Waals surface area (Å²) in [6, 6.07) is 6.80. The van der Waals surface area contributed by atoms with Gasteiger partial charge in [-0.15, -0.1) is 0 Å². The van der Waals surface area contributed by atoms with E-state index in [9.17, 15) is 18.0 Å². The molecule has 0 atom stereocenters. The Morgan fingerprint density at radius 2 is 1.89 bits per heavy atom. The van der Waals surface area contributed by atoms with Gasteiger partial charge in [-0.3, -0.25) is 9.36 Å². The van der Waals surface area contributed by atoms with Crippen molar-refractivity contribution >= 4 is 33.3 Å². The number of nitrogens with zero attached hydrogens (tertiary/aromatic N) is 5.